The minimum Gasteiger partial charge on any atom is -0.291 e. The van der Waals surface area contributed by atoms with E-state index < -0.39 is 0 Å². The van der Waals surface area contributed by atoms with Gasteiger partial charge in [-0.2, -0.15) is 5.10 Å². The van der Waals surface area contributed by atoms with Crippen LogP contribution in [0, 0.1) is 6.92 Å². The van der Waals surface area contributed by atoms with Crippen molar-refractivity contribution in [3.8, 4) is 0 Å². The fraction of sp³-hybridized carbons (Fsp3) is 0.0833. The topological polar surface area (TPSA) is 70.1 Å². The Morgan fingerprint density at radius 3 is 2.70 bits per heavy atom. The summed E-state index contributed by atoms with van der Waals surface area (Å²) in [6.45, 7) is 1.70. The molecule has 0 amide bonds. The Kier molecular flexibility index (Phi) is 4.65. The first-order chi connectivity index (χ1) is 9.47. The van der Waals surface area contributed by atoms with Crippen molar-refractivity contribution in [2.75, 3.05) is 5.43 Å². The Morgan fingerprint density at radius 2 is 2.00 bits per heavy atom. The van der Waals surface area contributed by atoms with Crippen LogP contribution < -0.4 is 11.0 Å². The van der Waals surface area contributed by atoms with Gasteiger partial charge in [0.1, 0.15) is 0 Å². The number of aryl methyl sites for hydroxylation is 1. The molecule has 2 rings (SSSR count). The zero-order valence-corrected chi connectivity index (χ0v) is 12.5. The Hall–Kier alpha value is -1.56. The van der Waals surface area contributed by atoms with Gasteiger partial charge in [0.25, 0.3) is 5.56 Å². The first-order valence-corrected chi connectivity index (χ1v) is 6.61. The molecule has 0 aliphatic heterocycles. The lowest BCUT2D eigenvalue weighted by Gasteiger charge is -2.03. The van der Waals surface area contributed by atoms with Gasteiger partial charge in [-0.15, -0.1) is 0 Å². The van der Waals surface area contributed by atoms with Crippen LogP contribution >= 0.6 is 34.8 Å². The van der Waals surface area contributed by atoms with E-state index >= 15 is 0 Å². The molecule has 0 atom stereocenters. The molecule has 0 unspecified atom stereocenters. The lowest BCUT2D eigenvalue weighted by atomic mass is 10.2. The van der Waals surface area contributed by atoms with Gasteiger partial charge in [0.2, 0.25) is 5.95 Å². The smallest absolute Gasteiger partial charge is 0.252 e. The zero-order valence-electron chi connectivity index (χ0n) is 10.2. The quantitative estimate of drug-likeness (QED) is 0.514. The lowest BCUT2D eigenvalue weighted by Crippen LogP contribution is -2.10. The highest BCUT2D eigenvalue weighted by Gasteiger charge is 2.07. The van der Waals surface area contributed by atoms with Crippen molar-refractivity contribution in [1.82, 2.24) is 9.97 Å². The van der Waals surface area contributed by atoms with Crippen LogP contribution in [0.2, 0.25) is 15.1 Å². The molecule has 0 saturated heterocycles. The molecule has 20 heavy (non-hydrogen) atoms. The molecule has 2 aromatic rings. The Labute approximate surface area is 129 Å². The zero-order chi connectivity index (χ0) is 14.7. The molecule has 0 spiro atoms. The average molecular weight is 332 g/mol. The monoisotopic (exact) mass is 330 g/mol. The second-order valence-electron chi connectivity index (χ2n) is 3.86. The summed E-state index contributed by atoms with van der Waals surface area (Å²) in [4.78, 5) is 17.8. The summed E-state index contributed by atoms with van der Waals surface area (Å²) in [7, 11) is 0. The Balaban J connectivity index is 2.22. The fourth-order valence-corrected chi connectivity index (χ4v) is 2.08. The van der Waals surface area contributed by atoms with E-state index in [9.17, 15) is 4.79 Å². The molecule has 1 aromatic carbocycles. The molecule has 1 heterocycles. The fourth-order valence-electron chi connectivity index (χ4n) is 1.45. The second kappa shape index (κ2) is 6.26. The average Bonchev–Trinajstić information content (AvgIpc) is 2.37. The van der Waals surface area contributed by atoms with Gasteiger partial charge in [0.05, 0.1) is 21.3 Å². The first kappa shape index (κ1) is 14.8. The molecule has 0 aliphatic rings. The van der Waals surface area contributed by atoms with Gasteiger partial charge in [-0.3, -0.25) is 9.78 Å². The number of aromatic amines is 1. The van der Waals surface area contributed by atoms with Crippen LogP contribution in [0.1, 0.15) is 11.3 Å². The van der Waals surface area contributed by atoms with Crippen molar-refractivity contribution in [2.45, 2.75) is 6.92 Å². The van der Waals surface area contributed by atoms with Crippen LogP contribution in [0.15, 0.2) is 28.1 Å². The summed E-state index contributed by atoms with van der Waals surface area (Å²) >= 11 is 17.9. The van der Waals surface area contributed by atoms with Crippen molar-refractivity contribution in [3.05, 3.63) is 54.9 Å². The van der Waals surface area contributed by atoms with Gasteiger partial charge < -0.3 is 0 Å². The van der Waals surface area contributed by atoms with Crippen LogP contribution in [0.5, 0.6) is 0 Å². The highest BCUT2D eigenvalue weighted by molar-refractivity contribution is 6.45. The lowest BCUT2D eigenvalue weighted by molar-refractivity contribution is 1.04. The Bertz CT molecular complexity index is 727. The Morgan fingerprint density at radius 1 is 1.30 bits per heavy atom. The van der Waals surface area contributed by atoms with Gasteiger partial charge in [-0.1, -0.05) is 34.8 Å². The second-order valence-corrected chi connectivity index (χ2v) is 5.05. The SMILES string of the molecule is Cc1cc(=O)[nH]c(N/N=C\c2c(Cl)ccc(Cl)c2Cl)n1. The highest BCUT2D eigenvalue weighted by atomic mass is 35.5. The number of aromatic nitrogens is 2. The van der Waals surface area contributed by atoms with Crippen LogP contribution in [-0.2, 0) is 0 Å². The van der Waals surface area contributed by atoms with Crippen molar-refractivity contribution < 1.29 is 0 Å². The van der Waals surface area contributed by atoms with Crippen LogP contribution in [0.3, 0.4) is 0 Å². The van der Waals surface area contributed by atoms with E-state index in [0.29, 0.717) is 26.3 Å². The van der Waals surface area contributed by atoms with Crippen molar-refractivity contribution in [2.24, 2.45) is 5.10 Å². The molecule has 0 aliphatic carbocycles. The number of benzene rings is 1. The summed E-state index contributed by atoms with van der Waals surface area (Å²) in [5, 5.41) is 5.01. The molecule has 0 saturated carbocycles. The minimum atomic E-state index is -0.269. The maximum Gasteiger partial charge on any atom is 0.252 e. The summed E-state index contributed by atoms with van der Waals surface area (Å²) in [6, 6.07) is 4.58. The molecule has 5 nitrogen and oxygen atoms in total. The van der Waals surface area contributed by atoms with Gasteiger partial charge in [0.15, 0.2) is 0 Å². The maximum absolute atomic E-state index is 11.3. The number of rotatable bonds is 3. The third-order valence-corrected chi connectivity index (χ3v) is 3.46. The number of anilines is 1. The highest BCUT2D eigenvalue weighted by Crippen LogP contribution is 2.29. The van der Waals surface area contributed by atoms with E-state index in [1.165, 1.54) is 12.3 Å². The van der Waals surface area contributed by atoms with E-state index in [1.807, 2.05) is 0 Å². The van der Waals surface area contributed by atoms with Gasteiger partial charge in [0, 0.05) is 17.3 Å². The molecule has 104 valence electrons. The molecule has 2 N–H and O–H groups in total. The number of nitrogens with one attached hydrogen (secondary N) is 2. The van der Waals surface area contributed by atoms with E-state index in [0.717, 1.165) is 0 Å². The van der Waals surface area contributed by atoms with Gasteiger partial charge in [-0.25, -0.2) is 10.4 Å². The number of halogens is 3. The summed E-state index contributed by atoms with van der Waals surface area (Å²) in [6.07, 6.45) is 1.40. The van der Waals surface area contributed by atoms with E-state index in [4.69, 9.17) is 34.8 Å². The molecule has 1 aromatic heterocycles. The first-order valence-electron chi connectivity index (χ1n) is 5.48. The largest absolute Gasteiger partial charge is 0.291 e. The third-order valence-electron chi connectivity index (χ3n) is 2.31. The number of H-pyrrole nitrogens is 1. The minimum absolute atomic E-state index is 0.223. The standard InChI is InChI=1S/C12H9Cl3N4O/c1-6-4-10(20)18-12(17-6)19-16-5-7-8(13)2-3-9(14)11(7)15/h2-5H,1H3,(H2,17,18,19,20)/b16-5-. The number of hydrogen-bond donors (Lipinski definition) is 2. The van der Waals surface area contributed by atoms with Gasteiger partial charge in [-0.05, 0) is 19.1 Å². The van der Waals surface area contributed by atoms with Gasteiger partial charge >= 0.3 is 0 Å². The van der Waals surface area contributed by atoms with Crippen molar-refractivity contribution in [1.29, 1.82) is 0 Å². The molecule has 0 radical (unpaired) electrons. The normalized spacial score (nSPS) is 11.0. The predicted octanol–water partition coefficient (Wildman–Crippen LogP) is 3.48. The van der Waals surface area contributed by atoms with E-state index in [2.05, 4.69) is 20.5 Å². The third kappa shape index (κ3) is 3.50. The molecule has 0 bridgehead atoms. The van der Waals surface area contributed by atoms with Crippen molar-refractivity contribution >= 4 is 47.0 Å². The number of nitrogens with zero attached hydrogens (tertiary/aromatic N) is 2. The maximum atomic E-state index is 11.3. The summed E-state index contributed by atoms with van der Waals surface area (Å²) < 4.78 is 0. The van der Waals surface area contributed by atoms with Crippen LogP contribution in [-0.4, -0.2) is 16.2 Å². The molecular weight excluding hydrogens is 323 g/mol. The summed E-state index contributed by atoms with van der Waals surface area (Å²) in [5.74, 6) is 0.223. The van der Waals surface area contributed by atoms with Crippen molar-refractivity contribution in [3.63, 3.8) is 0 Å². The van der Waals surface area contributed by atoms with Crippen LogP contribution in [0.25, 0.3) is 0 Å². The van der Waals surface area contributed by atoms with Crippen LogP contribution in [0.4, 0.5) is 5.95 Å². The predicted molar refractivity (Wildman–Crippen MR) is 82.3 cm³/mol. The number of hydrazone groups is 1. The van der Waals surface area contributed by atoms with E-state index in [-0.39, 0.29) is 11.5 Å². The number of hydrogen-bond acceptors (Lipinski definition) is 4. The molecule has 8 heteroatoms. The molecule has 0 fully saturated rings. The molecular formula is C12H9Cl3N4O. The summed E-state index contributed by atoms with van der Waals surface area (Å²) in [5.41, 5.74) is 3.37. The van der Waals surface area contributed by atoms with E-state index in [1.54, 1.807) is 19.1 Å².